The summed E-state index contributed by atoms with van der Waals surface area (Å²) in [5.74, 6) is -0.0715. The fourth-order valence-corrected chi connectivity index (χ4v) is 3.25. The van der Waals surface area contributed by atoms with Crippen LogP contribution in [0.1, 0.15) is 5.56 Å². The summed E-state index contributed by atoms with van der Waals surface area (Å²) in [7, 11) is 0. The summed E-state index contributed by atoms with van der Waals surface area (Å²) in [6.45, 7) is 0. The summed E-state index contributed by atoms with van der Waals surface area (Å²) in [6, 6.07) is 6.54. The molecule has 20 heavy (non-hydrogen) atoms. The largest absolute Gasteiger partial charge is 0.508 e. The van der Waals surface area contributed by atoms with Gasteiger partial charge in [-0.2, -0.15) is 0 Å². The number of nitrogens with zero attached hydrogens (tertiary/aromatic N) is 2. The lowest BCUT2D eigenvalue weighted by atomic mass is 10.2. The number of amides is 1. The molecule has 1 amide bonds. The van der Waals surface area contributed by atoms with Crippen LogP contribution in [0.5, 0.6) is 5.75 Å². The highest BCUT2D eigenvalue weighted by molar-refractivity contribution is 8.19. The van der Waals surface area contributed by atoms with Crippen LogP contribution >= 0.6 is 23.1 Å². The van der Waals surface area contributed by atoms with Gasteiger partial charge in [-0.25, -0.2) is 9.88 Å². The summed E-state index contributed by atoms with van der Waals surface area (Å²) < 4.78 is 0. The lowest BCUT2D eigenvalue weighted by Crippen LogP contribution is -2.27. The molecule has 2 heterocycles. The van der Waals surface area contributed by atoms with E-state index in [-0.39, 0.29) is 16.8 Å². The predicted octanol–water partition coefficient (Wildman–Crippen LogP) is 2.90. The first kappa shape index (κ1) is 12.9. The molecule has 2 N–H and O–H groups in total. The number of phenolic OH excluding ortho intramolecular Hbond substituents is 1. The molecule has 1 aromatic heterocycles. The zero-order valence-electron chi connectivity index (χ0n) is 10.1. The number of hydrogen-bond acceptors (Lipinski definition) is 6. The molecule has 2 aromatic rings. The third-order valence-electron chi connectivity index (χ3n) is 2.63. The minimum absolute atomic E-state index is 0.148. The van der Waals surface area contributed by atoms with Crippen molar-refractivity contribution in [2.24, 2.45) is 0 Å². The first-order valence-corrected chi connectivity index (χ1v) is 7.36. The number of benzene rings is 1. The number of anilines is 1. The maximum atomic E-state index is 12.3. The topological polar surface area (TPSA) is 77.3 Å². The highest BCUT2D eigenvalue weighted by atomic mass is 32.2. The highest BCUT2D eigenvalue weighted by Crippen LogP contribution is 2.35. The van der Waals surface area contributed by atoms with Crippen LogP contribution in [-0.2, 0) is 4.79 Å². The van der Waals surface area contributed by atoms with E-state index in [0.29, 0.717) is 10.0 Å². The number of thioether (sulfide) groups is 1. The Balaban J connectivity index is 1.91. The molecule has 100 valence electrons. The van der Waals surface area contributed by atoms with Gasteiger partial charge >= 0.3 is 0 Å². The van der Waals surface area contributed by atoms with Gasteiger partial charge in [0, 0.05) is 11.6 Å². The highest BCUT2D eigenvalue weighted by Gasteiger charge is 2.34. The third kappa shape index (κ3) is 2.33. The number of hydrogen-bond donors (Lipinski definition) is 2. The van der Waals surface area contributed by atoms with Gasteiger partial charge < -0.3 is 5.11 Å². The lowest BCUT2D eigenvalue weighted by Gasteiger charge is -2.08. The first-order valence-electron chi connectivity index (χ1n) is 5.66. The van der Waals surface area contributed by atoms with Crippen molar-refractivity contribution in [2.75, 3.05) is 4.90 Å². The standard InChI is InChI=1S/C13H9N3O2S2/c14-12-16(13-15-5-6-19-13)11(18)10(20-12)7-8-1-3-9(17)4-2-8/h1-7,14,17H/b10-7+,14-12?. The van der Waals surface area contributed by atoms with Gasteiger partial charge in [0.15, 0.2) is 10.3 Å². The Hall–Kier alpha value is -2.12. The van der Waals surface area contributed by atoms with Crippen molar-refractivity contribution in [2.45, 2.75) is 0 Å². The van der Waals surface area contributed by atoms with Crippen LogP contribution in [-0.4, -0.2) is 21.2 Å². The van der Waals surface area contributed by atoms with E-state index in [9.17, 15) is 9.90 Å². The number of aromatic hydroxyl groups is 1. The number of rotatable bonds is 2. The lowest BCUT2D eigenvalue weighted by molar-refractivity contribution is -0.113. The van der Waals surface area contributed by atoms with Gasteiger partial charge in [0.2, 0.25) is 0 Å². The second kappa shape index (κ2) is 5.10. The van der Waals surface area contributed by atoms with E-state index in [2.05, 4.69) is 4.98 Å². The molecule has 0 radical (unpaired) electrons. The fraction of sp³-hybridized carbons (Fsp3) is 0. The van der Waals surface area contributed by atoms with Gasteiger partial charge in [-0.15, -0.1) is 11.3 Å². The smallest absolute Gasteiger partial charge is 0.273 e. The van der Waals surface area contributed by atoms with Gasteiger partial charge in [-0.3, -0.25) is 10.2 Å². The molecule has 1 aliphatic rings. The normalized spacial score (nSPS) is 17.2. The SMILES string of the molecule is N=C1S/C(=C/c2ccc(O)cc2)C(=O)N1c1nccs1. The summed E-state index contributed by atoms with van der Waals surface area (Å²) >= 11 is 2.42. The number of thiazole rings is 1. The second-order valence-electron chi connectivity index (χ2n) is 3.96. The van der Waals surface area contributed by atoms with Crippen molar-refractivity contribution >= 4 is 45.4 Å². The molecule has 1 aliphatic heterocycles. The molecule has 7 heteroatoms. The summed E-state index contributed by atoms with van der Waals surface area (Å²) in [5.41, 5.74) is 0.799. The van der Waals surface area contributed by atoms with Crippen molar-refractivity contribution in [3.63, 3.8) is 0 Å². The number of nitrogens with one attached hydrogen (secondary N) is 1. The Kier molecular flexibility index (Phi) is 3.29. The van der Waals surface area contributed by atoms with E-state index in [1.807, 2.05) is 0 Å². The zero-order valence-corrected chi connectivity index (χ0v) is 11.7. The van der Waals surface area contributed by atoms with Gasteiger partial charge in [-0.05, 0) is 35.5 Å². The summed E-state index contributed by atoms with van der Waals surface area (Å²) in [4.78, 5) is 18.1. The number of carbonyl (C=O) groups is 1. The van der Waals surface area contributed by atoms with E-state index in [4.69, 9.17) is 5.41 Å². The quantitative estimate of drug-likeness (QED) is 0.836. The Morgan fingerprint density at radius 2 is 2.05 bits per heavy atom. The molecular formula is C13H9N3O2S2. The number of amidine groups is 1. The van der Waals surface area contributed by atoms with Crippen molar-refractivity contribution in [3.8, 4) is 5.75 Å². The van der Waals surface area contributed by atoms with Crippen LogP contribution in [0.15, 0.2) is 40.7 Å². The second-order valence-corrected chi connectivity index (χ2v) is 5.87. The molecule has 1 aromatic carbocycles. The van der Waals surface area contributed by atoms with Crippen molar-refractivity contribution < 1.29 is 9.90 Å². The third-order valence-corrected chi connectivity index (χ3v) is 4.27. The van der Waals surface area contributed by atoms with E-state index in [0.717, 1.165) is 17.3 Å². The monoisotopic (exact) mass is 303 g/mol. The van der Waals surface area contributed by atoms with E-state index in [1.54, 1.807) is 41.9 Å². The van der Waals surface area contributed by atoms with E-state index >= 15 is 0 Å². The Bertz CT molecular complexity index is 693. The molecule has 0 aliphatic carbocycles. The zero-order chi connectivity index (χ0) is 14.1. The minimum Gasteiger partial charge on any atom is -0.508 e. The number of aromatic nitrogens is 1. The van der Waals surface area contributed by atoms with Crippen LogP contribution in [0.3, 0.4) is 0 Å². The first-order chi connectivity index (χ1) is 9.65. The van der Waals surface area contributed by atoms with Crippen LogP contribution in [0.4, 0.5) is 5.13 Å². The van der Waals surface area contributed by atoms with E-state index < -0.39 is 0 Å². The van der Waals surface area contributed by atoms with Crippen molar-refractivity contribution in [1.29, 1.82) is 5.41 Å². The van der Waals surface area contributed by atoms with Gasteiger partial charge in [0.25, 0.3) is 5.91 Å². The van der Waals surface area contributed by atoms with Crippen LogP contribution in [0.25, 0.3) is 6.08 Å². The van der Waals surface area contributed by atoms with E-state index in [1.165, 1.54) is 16.2 Å². The fourth-order valence-electron chi connectivity index (χ4n) is 1.71. The average molecular weight is 303 g/mol. The average Bonchev–Trinajstić information content (AvgIpc) is 3.02. The Morgan fingerprint density at radius 3 is 2.70 bits per heavy atom. The summed E-state index contributed by atoms with van der Waals surface area (Å²) in [6.07, 6.45) is 3.31. The Labute approximate surface area is 123 Å². The van der Waals surface area contributed by atoms with Crippen LogP contribution in [0, 0.1) is 5.41 Å². The molecule has 0 unspecified atom stereocenters. The van der Waals surface area contributed by atoms with Crippen LogP contribution < -0.4 is 4.90 Å². The molecule has 0 bridgehead atoms. The molecule has 0 atom stereocenters. The maximum absolute atomic E-state index is 12.3. The van der Waals surface area contributed by atoms with Crippen LogP contribution in [0.2, 0.25) is 0 Å². The molecule has 1 fully saturated rings. The number of carbonyl (C=O) groups excluding carboxylic acids is 1. The molecule has 0 spiro atoms. The molecule has 3 rings (SSSR count). The Morgan fingerprint density at radius 1 is 1.30 bits per heavy atom. The predicted molar refractivity (Wildman–Crippen MR) is 81.0 cm³/mol. The molecule has 5 nitrogen and oxygen atoms in total. The van der Waals surface area contributed by atoms with Crippen molar-refractivity contribution in [3.05, 3.63) is 46.3 Å². The molecular weight excluding hydrogens is 294 g/mol. The molecule has 1 saturated heterocycles. The maximum Gasteiger partial charge on any atom is 0.273 e. The van der Waals surface area contributed by atoms with Crippen molar-refractivity contribution in [1.82, 2.24) is 4.98 Å². The van der Waals surface area contributed by atoms with Gasteiger partial charge in [-0.1, -0.05) is 12.1 Å². The van der Waals surface area contributed by atoms with Gasteiger partial charge in [0.1, 0.15) is 5.75 Å². The molecule has 0 saturated carbocycles. The number of phenols is 1. The van der Waals surface area contributed by atoms with Gasteiger partial charge in [0.05, 0.1) is 4.91 Å². The minimum atomic E-state index is -0.247. The summed E-state index contributed by atoms with van der Waals surface area (Å²) in [5, 5.41) is 19.5.